The van der Waals surface area contributed by atoms with Crippen LogP contribution in [0.5, 0.6) is 0 Å². The van der Waals surface area contributed by atoms with Gasteiger partial charge < -0.3 is 14.6 Å². The van der Waals surface area contributed by atoms with Crippen molar-refractivity contribution in [2.45, 2.75) is 39.8 Å². The zero-order valence-electron chi connectivity index (χ0n) is 30.3. The number of aromatic carboxylic acids is 1. The summed E-state index contributed by atoms with van der Waals surface area (Å²) in [5.41, 5.74) is 5.43. The molecule has 5 aromatic rings. The van der Waals surface area contributed by atoms with Crippen molar-refractivity contribution < 1.29 is 29.0 Å². The zero-order chi connectivity index (χ0) is 37.7. The molecule has 1 aliphatic rings. The molecule has 6 rings (SSSR count). The van der Waals surface area contributed by atoms with E-state index >= 15 is 0 Å². The van der Waals surface area contributed by atoms with Crippen LogP contribution in [0.2, 0.25) is 0 Å². The number of benzene rings is 2. The van der Waals surface area contributed by atoms with Crippen molar-refractivity contribution in [3.63, 3.8) is 0 Å². The Morgan fingerprint density at radius 1 is 0.593 bits per heavy atom. The number of hydrogen-bond donors (Lipinski definition) is 1. The number of esters is 2. The van der Waals surface area contributed by atoms with Gasteiger partial charge in [-0.1, -0.05) is 60.7 Å². The summed E-state index contributed by atoms with van der Waals surface area (Å²) >= 11 is 0. The number of carboxylic acid groups (broad SMARTS) is 1. The Labute approximate surface area is 315 Å². The smallest absolute Gasteiger partial charge is 0.354 e. The molecule has 0 spiro atoms. The predicted molar refractivity (Wildman–Crippen MR) is 201 cm³/mol. The van der Waals surface area contributed by atoms with Crippen molar-refractivity contribution in [3.8, 4) is 0 Å². The van der Waals surface area contributed by atoms with Gasteiger partial charge in [0, 0.05) is 71.3 Å². The van der Waals surface area contributed by atoms with Crippen LogP contribution in [-0.2, 0) is 42.3 Å². The van der Waals surface area contributed by atoms with Gasteiger partial charge in [-0.15, -0.1) is 0 Å². The highest BCUT2D eigenvalue weighted by molar-refractivity contribution is 5.93. The van der Waals surface area contributed by atoms with Gasteiger partial charge in [-0.05, 0) is 60.0 Å². The van der Waals surface area contributed by atoms with Crippen LogP contribution in [0.3, 0.4) is 0 Å². The normalized spacial score (nSPS) is 14.4. The van der Waals surface area contributed by atoms with Crippen molar-refractivity contribution in [1.29, 1.82) is 0 Å². The fourth-order valence-electron chi connectivity index (χ4n) is 6.23. The lowest BCUT2D eigenvalue weighted by Crippen LogP contribution is -2.36. The van der Waals surface area contributed by atoms with Crippen molar-refractivity contribution in [3.05, 3.63) is 160 Å². The van der Waals surface area contributed by atoms with Crippen LogP contribution in [-0.4, -0.2) is 91.9 Å². The summed E-state index contributed by atoms with van der Waals surface area (Å²) in [4.78, 5) is 58.6. The molecule has 1 fully saturated rings. The second-order valence-corrected chi connectivity index (χ2v) is 13.3. The number of ether oxygens (including phenoxy) is 2. The van der Waals surface area contributed by atoms with E-state index in [1.807, 2.05) is 72.9 Å². The highest BCUT2D eigenvalue weighted by Crippen LogP contribution is 2.16. The van der Waals surface area contributed by atoms with Gasteiger partial charge in [0.15, 0.2) is 0 Å². The number of hydrogen-bond acceptors (Lipinski definition) is 11. The summed E-state index contributed by atoms with van der Waals surface area (Å²) in [7, 11) is 0. The molecule has 0 amide bonds. The van der Waals surface area contributed by atoms with Gasteiger partial charge in [0.25, 0.3) is 0 Å². The van der Waals surface area contributed by atoms with E-state index in [9.17, 15) is 19.5 Å². The lowest BCUT2D eigenvalue weighted by molar-refractivity contribution is 0.0463. The molecule has 0 atom stereocenters. The van der Waals surface area contributed by atoms with Gasteiger partial charge in [-0.3, -0.25) is 24.7 Å². The summed E-state index contributed by atoms with van der Waals surface area (Å²) in [6, 6.07) is 29.3. The third kappa shape index (κ3) is 11.3. The molecule has 1 aliphatic heterocycles. The van der Waals surface area contributed by atoms with Crippen molar-refractivity contribution in [1.82, 2.24) is 29.7 Å². The third-order valence-corrected chi connectivity index (χ3v) is 9.14. The second-order valence-electron chi connectivity index (χ2n) is 13.3. The molecule has 2 aromatic carbocycles. The number of pyridine rings is 3. The van der Waals surface area contributed by atoms with Gasteiger partial charge in [0.2, 0.25) is 0 Å². The Balaban J connectivity index is 1.17. The largest absolute Gasteiger partial charge is 0.477 e. The Hall–Kier alpha value is -5.82. The minimum atomic E-state index is -1.22. The molecular formula is C42H44N6O6. The van der Waals surface area contributed by atoms with Crippen LogP contribution in [0, 0.1) is 6.92 Å². The summed E-state index contributed by atoms with van der Waals surface area (Å²) in [5.74, 6) is -2.24. The number of aromatic nitrogens is 3. The Morgan fingerprint density at radius 3 is 1.57 bits per heavy atom. The van der Waals surface area contributed by atoms with Gasteiger partial charge in [0.05, 0.1) is 28.2 Å². The topological polar surface area (TPSA) is 138 Å². The molecule has 278 valence electrons. The average molecular weight is 729 g/mol. The fourth-order valence-corrected chi connectivity index (χ4v) is 6.23. The Kier molecular flexibility index (Phi) is 13.2. The number of carbonyl (C=O) groups excluding carboxylic acids is 2. The van der Waals surface area contributed by atoms with Crippen LogP contribution >= 0.6 is 0 Å². The van der Waals surface area contributed by atoms with Crippen LogP contribution in [0.4, 0.5) is 0 Å². The maximum atomic E-state index is 13.1. The van der Waals surface area contributed by atoms with Gasteiger partial charge >= 0.3 is 17.9 Å². The Bertz CT molecular complexity index is 2030. The van der Waals surface area contributed by atoms with E-state index in [1.54, 1.807) is 24.4 Å². The van der Waals surface area contributed by atoms with E-state index < -0.39 is 17.9 Å². The minimum Gasteiger partial charge on any atom is -0.477 e. The second kappa shape index (κ2) is 18.8. The maximum Gasteiger partial charge on any atom is 0.354 e. The van der Waals surface area contributed by atoms with Gasteiger partial charge in [-0.25, -0.2) is 19.4 Å². The summed E-state index contributed by atoms with van der Waals surface area (Å²) < 4.78 is 11.1. The van der Waals surface area contributed by atoms with Gasteiger partial charge in [-0.2, -0.15) is 0 Å². The minimum absolute atomic E-state index is 0.0694. The fraction of sp³-hybridized carbons (Fsp3) is 0.286. The molecule has 3 aromatic heterocycles. The van der Waals surface area contributed by atoms with Crippen molar-refractivity contribution >= 4 is 17.9 Å². The van der Waals surface area contributed by atoms with Crippen LogP contribution in [0.15, 0.2) is 109 Å². The summed E-state index contributed by atoms with van der Waals surface area (Å²) in [6.45, 7) is 8.03. The van der Waals surface area contributed by atoms with Crippen LogP contribution < -0.4 is 0 Å². The summed E-state index contributed by atoms with van der Waals surface area (Å²) in [5, 5.41) is 9.87. The van der Waals surface area contributed by atoms with Crippen LogP contribution in [0.1, 0.15) is 65.0 Å². The standard InChI is InChI=1S/C42H44N6O6/c1-31-12-14-43-36(22-31)26-46-16-17-47(27-37-23-34(13-15-44-37)41(51)53-29-32-8-4-2-5-9-32)19-21-48(20-18-46)28-38-24-35(25-39(45-38)40(49)50)42(52)54-30-33-10-6-3-7-11-33/h2-15,22-25H,16-21,26-30H2,1H3,(H,49,50). The summed E-state index contributed by atoms with van der Waals surface area (Å²) in [6.07, 6.45) is 3.46. The molecule has 12 heteroatoms. The third-order valence-electron chi connectivity index (χ3n) is 9.14. The highest BCUT2D eigenvalue weighted by Gasteiger charge is 2.21. The van der Waals surface area contributed by atoms with Crippen molar-refractivity contribution in [2.75, 3.05) is 39.3 Å². The van der Waals surface area contributed by atoms with Crippen molar-refractivity contribution in [2.24, 2.45) is 0 Å². The molecule has 1 saturated heterocycles. The monoisotopic (exact) mass is 728 g/mol. The number of nitrogens with zero attached hydrogens (tertiary/aromatic N) is 6. The number of aryl methyl sites for hydroxylation is 1. The van der Waals surface area contributed by atoms with E-state index in [0.717, 1.165) is 47.7 Å². The number of carbonyl (C=O) groups is 3. The maximum absolute atomic E-state index is 13.1. The lowest BCUT2D eigenvalue weighted by Gasteiger charge is -2.25. The van der Waals surface area contributed by atoms with E-state index in [-0.39, 0.29) is 24.5 Å². The molecule has 0 saturated carbocycles. The molecule has 0 bridgehead atoms. The molecule has 1 N–H and O–H groups in total. The van der Waals surface area contributed by atoms with E-state index in [2.05, 4.69) is 42.6 Å². The first kappa shape index (κ1) is 37.9. The Morgan fingerprint density at radius 2 is 1.06 bits per heavy atom. The zero-order valence-corrected chi connectivity index (χ0v) is 30.3. The molecule has 4 heterocycles. The molecule has 0 aliphatic carbocycles. The first-order valence-electron chi connectivity index (χ1n) is 18.0. The van der Waals surface area contributed by atoms with Gasteiger partial charge in [0.1, 0.15) is 18.9 Å². The molecule has 12 nitrogen and oxygen atoms in total. The lowest BCUT2D eigenvalue weighted by atomic mass is 10.1. The number of rotatable bonds is 13. The molecule has 54 heavy (non-hydrogen) atoms. The van der Waals surface area contributed by atoms with E-state index in [4.69, 9.17) is 9.47 Å². The molecular weight excluding hydrogens is 684 g/mol. The van der Waals surface area contributed by atoms with Crippen LogP contribution in [0.25, 0.3) is 0 Å². The highest BCUT2D eigenvalue weighted by atomic mass is 16.5. The SMILES string of the molecule is Cc1ccnc(CN2CCN(Cc3cc(C(=O)OCc4ccccc4)ccn3)CCN(Cc3cc(C(=O)OCc4ccccc4)cc(C(=O)O)n3)CC2)c1. The molecule has 0 radical (unpaired) electrons. The average Bonchev–Trinajstić information content (AvgIpc) is 3.27. The quantitative estimate of drug-likeness (QED) is 0.155. The molecule has 0 unspecified atom stereocenters. The van der Waals surface area contributed by atoms with E-state index in [1.165, 1.54) is 6.07 Å². The number of carboxylic acids is 1. The first-order chi connectivity index (χ1) is 26.3. The predicted octanol–water partition coefficient (Wildman–Crippen LogP) is 5.41. The first-order valence-corrected chi connectivity index (χ1v) is 18.0. The van der Waals surface area contributed by atoms with E-state index in [0.29, 0.717) is 50.5 Å².